The number of nitrogens with one attached hydrogen (secondary N) is 1. The Labute approximate surface area is 200 Å². The summed E-state index contributed by atoms with van der Waals surface area (Å²) in [7, 11) is -7.64. The largest absolute Gasteiger partial charge is 0.379 e. The van der Waals surface area contributed by atoms with Gasteiger partial charge in [0.25, 0.3) is 11.1 Å². The molecule has 0 unspecified atom stereocenters. The molecular weight excluding hydrogens is 500 g/mol. The smallest absolute Gasteiger partial charge is 0.339 e. The molecule has 0 aliphatic carbocycles. The van der Waals surface area contributed by atoms with E-state index in [0.29, 0.717) is 17.1 Å². The lowest BCUT2D eigenvalue weighted by atomic mass is 10.1. The third kappa shape index (κ3) is 6.04. The summed E-state index contributed by atoms with van der Waals surface area (Å²) in [5, 5.41) is 11.2. The van der Waals surface area contributed by atoms with Gasteiger partial charge < -0.3 is 4.18 Å². The average molecular weight is 519 g/mol. The molecule has 1 aromatic heterocycles. The lowest BCUT2D eigenvalue weighted by molar-refractivity contribution is -0.112. The van der Waals surface area contributed by atoms with E-state index in [9.17, 15) is 26.9 Å². The molecule has 176 valence electrons. The van der Waals surface area contributed by atoms with Crippen molar-refractivity contribution in [1.29, 1.82) is 5.26 Å². The zero-order valence-corrected chi connectivity index (χ0v) is 20.4. The number of nitrogens with zero attached hydrogens (tertiary/aromatic N) is 3. The lowest BCUT2D eigenvalue weighted by Gasteiger charge is -2.07. The molecule has 0 fully saturated rings. The van der Waals surface area contributed by atoms with Gasteiger partial charge in [-0.2, -0.15) is 23.0 Å². The number of sulfone groups is 1. The second-order valence-corrected chi connectivity index (χ2v) is 11.3. The molecule has 0 radical (unpaired) electrons. The number of anilines is 1. The van der Waals surface area contributed by atoms with Crippen molar-refractivity contribution in [2.45, 2.75) is 23.9 Å². The summed E-state index contributed by atoms with van der Waals surface area (Å²) in [6, 6.07) is 13.7. The summed E-state index contributed by atoms with van der Waals surface area (Å²) >= 11 is 0.678. The maximum atomic E-state index is 12.4. The number of aromatic nitrogens is 2. The highest BCUT2D eigenvalue weighted by Crippen LogP contribution is 2.21. The first-order chi connectivity index (χ1) is 16.0. The number of benzene rings is 2. The standard InChI is InChI=1S/C21H18N4O6S3/c1-3-33(27,28)21-24-20(32-25-21)23-19(26)16(13-22)12-15-6-8-17(9-7-15)31-34(29,30)18-10-4-14(2)5-11-18/h4-12H,3H2,1-2H3,(H,23,24,25,26). The maximum absolute atomic E-state index is 12.4. The lowest BCUT2D eigenvalue weighted by Crippen LogP contribution is -2.13. The Kier molecular flexibility index (Phi) is 7.45. The van der Waals surface area contributed by atoms with Crippen molar-refractivity contribution in [3.63, 3.8) is 0 Å². The average Bonchev–Trinajstić information content (AvgIpc) is 3.28. The minimum atomic E-state index is -4.02. The summed E-state index contributed by atoms with van der Waals surface area (Å²) in [4.78, 5) is 16.2. The fraction of sp³-hybridized carbons (Fsp3) is 0.143. The van der Waals surface area contributed by atoms with Crippen molar-refractivity contribution in [3.05, 3.63) is 65.2 Å². The van der Waals surface area contributed by atoms with Crippen LogP contribution in [-0.4, -0.2) is 37.9 Å². The van der Waals surface area contributed by atoms with Crippen LogP contribution in [0, 0.1) is 18.3 Å². The van der Waals surface area contributed by atoms with Crippen LogP contribution in [0.1, 0.15) is 18.1 Å². The third-order valence-corrected chi connectivity index (χ3v) is 7.86. The summed E-state index contributed by atoms with van der Waals surface area (Å²) < 4.78 is 57.2. The number of nitriles is 1. The van der Waals surface area contributed by atoms with Gasteiger partial charge in [0.05, 0.1) is 5.75 Å². The highest BCUT2D eigenvalue weighted by molar-refractivity contribution is 7.91. The molecule has 10 nitrogen and oxygen atoms in total. The van der Waals surface area contributed by atoms with Gasteiger partial charge in [0.15, 0.2) is 0 Å². The Balaban J connectivity index is 1.72. The number of hydrogen-bond donors (Lipinski definition) is 1. The van der Waals surface area contributed by atoms with Gasteiger partial charge in [0.1, 0.15) is 22.3 Å². The van der Waals surface area contributed by atoms with Crippen molar-refractivity contribution in [1.82, 2.24) is 9.36 Å². The summed E-state index contributed by atoms with van der Waals surface area (Å²) in [5.74, 6) is -0.937. The molecule has 1 amide bonds. The van der Waals surface area contributed by atoms with Gasteiger partial charge in [-0.1, -0.05) is 36.8 Å². The maximum Gasteiger partial charge on any atom is 0.339 e. The van der Waals surface area contributed by atoms with Crippen molar-refractivity contribution >= 4 is 48.6 Å². The van der Waals surface area contributed by atoms with Gasteiger partial charge in [-0.05, 0) is 42.8 Å². The van der Waals surface area contributed by atoms with Crippen molar-refractivity contribution < 1.29 is 25.8 Å². The van der Waals surface area contributed by atoms with E-state index in [1.165, 1.54) is 49.4 Å². The quantitative estimate of drug-likeness (QED) is 0.269. The molecule has 3 aromatic rings. The summed E-state index contributed by atoms with van der Waals surface area (Å²) in [5.41, 5.74) is 1.05. The molecule has 0 aliphatic rings. The van der Waals surface area contributed by atoms with E-state index in [2.05, 4.69) is 14.7 Å². The van der Waals surface area contributed by atoms with Gasteiger partial charge in [0.2, 0.25) is 15.0 Å². The highest BCUT2D eigenvalue weighted by Gasteiger charge is 2.20. The molecule has 34 heavy (non-hydrogen) atoms. The van der Waals surface area contributed by atoms with Crippen molar-refractivity contribution in [2.75, 3.05) is 11.1 Å². The predicted octanol–water partition coefficient (Wildman–Crippen LogP) is 2.95. The Morgan fingerprint density at radius 3 is 2.35 bits per heavy atom. The number of hydrogen-bond acceptors (Lipinski definition) is 10. The Hall–Kier alpha value is -3.60. The van der Waals surface area contributed by atoms with E-state index >= 15 is 0 Å². The molecule has 0 saturated carbocycles. The monoisotopic (exact) mass is 518 g/mol. The molecule has 3 rings (SSSR count). The van der Waals surface area contributed by atoms with Gasteiger partial charge in [-0.3, -0.25) is 10.1 Å². The molecule has 0 saturated heterocycles. The van der Waals surface area contributed by atoms with Crippen molar-refractivity contribution in [2.24, 2.45) is 0 Å². The fourth-order valence-corrected chi connectivity index (χ4v) is 5.01. The number of aryl methyl sites for hydroxylation is 1. The van der Waals surface area contributed by atoms with Crippen LogP contribution in [0.2, 0.25) is 0 Å². The Morgan fingerprint density at radius 1 is 1.12 bits per heavy atom. The van der Waals surface area contributed by atoms with Gasteiger partial charge in [-0.25, -0.2) is 8.42 Å². The second kappa shape index (κ2) is 10.1. The van der Waals surface area contributed by atoms with E-state index in [1.807, 2.05) is 6.92 Å². The molecular formula is C21H18N4O6S3. The Bertz CT molecular complexity index is 1490. The first-order valence-corrected chi connectivity index (χ1v) is 13.5. The molecule has 0 bridgehead atoms. The van der Waals surface area contributed by atoms with Crippen LogP contribution in [0.15, 0.2) is 64.2 Å². The van der Waals surface area contributed by atoms with E-state index in [-0.39, 0.29) is 27.1 Å². The molecule has 13 heteroatoms. The van der Waals surface area contributed by atoms with Crippen LogP contribution in [0.3, 0.4) is 0 Å². The summed E-state index contributed by atoms with van der Waals surface area (Å²) in [6.45, 7) is 3.28. The minimum Gasteiger partial charge on any atom is -0.379 e. The minimum absolute atomic E-state index is 0.0112. The predicted molar refractivity (Wildman–Crippen MR) is 125 cm³/mol. The van der Waals surface area contributed by atoms with Crippen LogP contribution < -0.4 is 9.50 Å². The zero-order valence-electron chi connectivity index (χ0n) is 17.9. The topological polar surface area (TPSA) is 156 Å². The molecule has 2 aromatic carbocycles. The number of carbonyl (C=O) groups excluding carboxylic acids is 1. The molecule has 0 atom stereocenters. The van der Waals surface area contributed by atoms with Crippen LogP contribution >= 0.6 is 11.5 Å². The van der Waals surface area contributed by atoms with Gasteiger partial charge >= 0.3 is 10.1 Å². The molecule has 1 heterocycles. The van der Waals surface area contributed by atoms with E-state index in [0.717, 1.165) is 5.56 Å². The highest BCUT2D eigenvalue weighted by atomic mass is 32.2. The molecule has 0 spiro atoms. The second-order valence-electron chi connectivity index (χ2n) is 6.83. The number of rotatable bonds is 8. The zero-order chi connectivity index (χ0) is 24.9. The van der Waals surface area contributed by atoms with Crippen molar-refractivity contribution in [3.8, 4) is 11.8 Å². The van der Waals surface area contributed by atoms with E-state index in [4.69, 9.17) is 4.18 Å². The van der Waals surface area contributed by atoms with Crippen LogP contribution in [0.4, 0.5) is 5.13 Å². The van der Waals surface area contributed by atoms with Gasteiger partial charge in [0, 0.05) is 11.5 Å². The first kappa shape index (κ1) is 25.0. The normalized spacial score (nSPS) is 12.1. The van der Waals surface area contributed by atoms with Crippen LogP contribution in [0.5, 0.6) is 5.75 Å². The Morgan fingerprint density at radius 2 is 1.76 bits per heavy atom. The van der Waals surface area contributed by atoms with Crippen LogP contribution in [0.25, 0.3) is 6.08 Å². The number of amides is 1. The molecule has 1 N–H and O–H groups in total. The fourth-order valence-electron chi connectivity index (χ4n) is 2.50. The molecule has 0 aliphatic heterocycles. The number of carbonyl (C=O) groups is 1. The first-order valence-electron chi connectivity index (χ1n) is 9.65. The summed E-state index contributed by atoms with van der Waals surface area (Å²) in [6.07, 6.45) is 1.28. The SMILES string of the molecule is CCS(=O)(=O)c1nsc(NC(=O)C(C#N)=Cc2ccc(OS(=O)(=O)c3ccc(C)cc3)cc2)n1. The van der Waals surface area contributed by atoms with E-state index < -0.39 is 31.0 Å². The van der Waals surface area contributed by atoms with E-state index in [1.54, 1.807) is 18.2 Å². The third-order valence-electron chi connectivity index (χ3n) is 4.36. The van der Waals surface area contributed by atoms with Gasteiger partial charge in [-0.15, -0.1) is 0 Å². The van der Waals surface area contributed by atoms with Crippen LogP contribution in [-0.2, 0) is 24.7 Å².